The van der Waals surface area contributed by atoms with Crippen molar-refractivity contribution in [2.45, 2.75) is 25.2 Å². The van der Waals surface area contributed by atoms with E-state index in [2.05, 4.69) is 0 Å². The Labute approximate surface area is 103 Å². The molecule has 0 fully saturated rings. The van der Waals surface area contributed by atoms with E-state index < -0.39 is 9.84 Å². The van der Waals surface area contributed by atoms with Gasteiger partial charge in [0.05, 0.1) is 9.80 Å². The third-order valence-corrected chi connectivity index (χ3v) is 4.62. The van der Waals surface area contributed by atoms with Crippen LogP contribution in [0.3, 0.4) is 0 Å². The summed E-state index contributed by atoms with van der Waals surface area (Å²) in [6.07, 6.45) is 6.37. The maximum Gasteiger partial charge on any atom is 0.206 e. The Balaban J connectivity index is 2.47. The number of aryl methyl sites for hydroxylation is 1. The maximum atomic E-state index is 12.4. The van der Waals surface area contributed by atoms with Gasteiger partial charge in [-0.05, 0) is 43.0 Å². The highest BCUT2D eigenvalue weighted by molar-refractivity contribution is 7.95. The van der Waals surface area contributed by atoms with Gasteiger partial charge in [0.15, 0.2) is 0 Å². The third kappa shape index (κ3) is 2.50. The zero-order chi connectivity index (χ0) is 12.5. The number of benzene rings is 1. The van der Waals surface area contributed by atoms with Gasteiger partial charge in [-0.15, -0.1) is 0 Å². The molecule has 0 aliphatic heterocycles. The fraction of sp³-hybridized carbons (Fsp3) is 0.286. The summed E-state index contributed by atoms with van der Waals surface area (Å²) in [5.41, 5.74) is 0.958. The molecule has 0 radical (unpaired) electrons. The molecule has 0 heterocycles. The lowest BCUT2D eigenvalue weighted by molar-refractivity contribution is 0.601. The molecule has 0 N–H and O–H groups in total. The average molecular weight is 248 g/mol. The van der Waals surface area contributed by atoms with Gasteiger partial charge < -0.3 is 0 Å². The van der Waals surface area contributed by atoms with Crippen LogP contribution in [0, 0.1) is 12.8 Å². The predicted molar refractivity (Wildman–Crippen MR) is 69.4 cm³/mol. The van der Waals surface area contributed by atoms with Gasteiger partial charge in [-0.2, -0.15) is 0 Å². The average Bonchev–Trinajstić information content (AvgIpc) is 2.29. The van der Waals surface area contributed by atoms with Crippen LogP contribution in [0.5, 0.6) is 0 Å². The van der Waals surface area contributed by atoms with Gasteiger partial charge in [-0.1, -0.05) is 31.2 Å². The second-order valence-corrected chi connectivity index (χ2v) is 6.45. The van der Waals surface area contributed by atoms with Gasteiger partial charge >= 0.3 is 0 Å². The fourth-order valence-electron chi connectivity index (χ4n) is 1.90. The molecule has 3 heteroatoms. The Morgan fingerprint density at radius 1 is 1.29 bits per heavy atom. The Kier molecular flexibility index (Phi) is 3.20. The topological polar surface area (TPSA) is 34.1 Å². The van der Waals surface area contributed by atoms with E-state index in [0.717, 1.165) is 12.0 Å². The Morgan fingerprint density at radius 2 is 2.06 bits per heavy atom. The van der Waals surface area contributed by atoms with E-state index in [-0.39, 0.29) is 5.92 Å². The Morgan fingerprint density at radius 3 is 2.71 bits per heavy atom. The number of hydrogen-bond donors (Lipinski definition) is 0. The molecule has 0 aromatic heterocycles. The minimum absolute atomic E-state index is 0.287. The van der Waals surface area contributed by atoms with Crippen molar-refractivity contribution in [3.05, 3.63) is 53.0 Å². The highest BCUT2D eigenvalue weighted by Crippen LogP contribution is 2.26. The molecule has 0 amide bonds. The molecule has 17 heavy (non-hydrogen) atoms. The summed E-state index contributed by atoms with van der Waals surface area (Å²) >= 11 is 0. The van der Waals surface area contributed by atoms with Crippen LogP contribution < -0.4 is 0 Å². The zero-order valence-electron chi connectivity index (χ0n) is 10.1. The molecule has 1 aliphatic rings. The molecule has 90 valence electrons. The fourth-order valence-corrected chi connectivity index (χ4v) is 3.46. The van der Waals surface area contributed by atoms with Crippen molar-refractivity contribution in [3.63, 3.8) is 0 Å². The molecular formula is C14H16O2S. The molecule has 1 aliphatic carbocycles. The van der Waals surface area contributed by atoms with Crippen LogP contribution >= 0.6 is 0 Å². The molecule has 0 bridgehead atoms. The van der Waals surface area contributed by atoms with Gasteiger partial charge in [0.2, 0.25) is 9.84 Å². The first-order valence-corrected chi connectivity index (χ1v) is 7.18. The summed E-state index contributed by atoms with van der Waals surface area (Å²) in [5, 5.41) is 0. The van der Waals surface area contributed by atoms with Crippen LogP contribution in [0.2, 0.25) is 0 Å². The lowest BCUT2D eigenvalue weighted by atomic mass is 10.0. The molecule has 0 saturated heterocycles. The van der Waals surface area contributed by atoms with E-state index in [1.54, 1.807) is 24.3 Å². The summed E-state index contributed by atoms with van der Waals surface area (Å²) in [6.45, 7) is 3.92. The predicted octanol–water partition coefficient (Wildman–Crippen LogP) is 3.25. The van der Waals surface area contributed by atoms with Gasteiger partial charge in [0.25, 0.3) is 0 Å². The van der Waals surface area contributed by atoms with Crippen molar-refractivity contribution >= 4 is 9.84 Å². The quantitative estimate of drug-likeness (QED) is 0.805. The van der Waals surface area contributed by atoms with Crippen molar-refractivity contribution in [2.75, 3.05) is 0 Å². The smallest absolute Gasteiger partial charge is 0.206 e. The van der Waals surface area contributed by atoms with E-state index in [1.165, 1.54) is 0 Å². The number of hydrogen-bond acceptors (Lipinski definition) is 2. The van der Waals surface area contributed by atoms with E-state index in [9.17, 15) is 8.42 Å². The van der Waals surface area contributed by atoms with E-state index in [4.69, 9.17) is 0 Å². The summed E-state index contributed by atoms with van der Waals surface area (Å²) < 4.78 is 24.7. The standard InChI is InChI=1S/C14H16O2S/c1-11-5-3-7-13(9-11)17(15,16)14-8-4-6-12(2)10-14/h3-5,7-10,12H,6H2,1-2H3. The van der Waals surface area contributed by atoms with Crippen LogP contribution in [-0.4, -0.2) is 8.42 Å². The van der Waals surface area contributed by atoms with Crippen molar-refractivity contribution in [1.29, 1.82) is 0 Å². The summed E-state index contributed by atoms with van der Waals surface area (Å²) in [5.74, 6) is 0.287. The minimum atomic E-state index is -3.34. The Hall–Kier alpha value is -1.35. The van der Waals surface area contributed by atoms with E-state index in [1.807, 2.05) is 32.1 Å². The molecular weight excluding hydrogens is 232 g/mol. The van der Waals surface area contributed by atoms with Crippen molar-refractivity contribution in [2.24, 2.45) is 5.92 Å². The van der Waals surface area contributed by atoms with Crippen molar-refractivity contribution in [3.8, 4) is 0 Å². The van der Waals surface area contributed by atoms with E-state index >= 15 is 0 Å². The third-order valence-electron chi connectivity index (χ3n) is 2.85. The van der Waals surface area contributed by atoms with Crippen LogP contribution in [0.1, 0.15) is 18.9 Å². The van der Waals surface area contributed by atoms with Gasteiger partial charge in [0, 0.05) is 0 Å². The minimum Gasteiger partial charge on any atom is -0.219 e. The number of sulfone groups is 1. The lowest BCUT2D eigenvalue weighted by Crippen LogP contribution is -2.07. The summed E-state index contributed by atoms with van der Waals surface area (Å²) in [4.78, 5) is 0.796. The molecule has 1 aromatic rings. The first kappa shape index (κ1) is 12.1. The van der Waals surface area contributed by atoms with Crippen LogP contribution in [0.4, 0.5) is 0 Å². The van der Waals surface area contributed by atoms with Crippen molar-refractivity contribution < 1.29 is 8.42 Å². The van der Waals surface area contributed by atoms with Crippen LogP contribution in [0.25, 0.3) is 0 Å². The number of rotatable bonds is 2. The van der Waals surface area contributed by atoms with Crippen molar-refractivity contribution in [1.82, 2.24) is 0 Å². The normalized spacial score (nSPS) is 20.1. The molecule has 1 aromatic carbocycles. The molecule has 1 atom stereocenters. The maximum absolute atomic E-state index is 12.4. The monoisotopic (exact) mass is 248 g/mol. The first-order valence-electron chi connectivity index (χ1n) is 5.70. The number of allylic oxidation sites excluding steroid dienone is 3. The second-order valence-electron chi connectivity index (χ2n) is 4.50. The summed E-state index contributed by atoms with van der Waals surface area (Å²) in [6, 6.07) is 7.03. The molecule has 1 unspecified atom stereocenters. The highest BCUT2D eigenvalue weighted by atomic mass is 32.2. The molecule has 2 nitrogen and oxygen atoms in total. The van der Waals surface area contributed by atoms with Gasteiger partial charge in [-0.3, -0.25) is 0 Å². The second kappa shape index (κ2) is 4.49. The Bertz CT molecular complexity index is 580. The molecule has 0 spiro atoms. The summed E-state index contributed by atoms with van der Waals surface area (Å²) in [7, 11) is -3.34. The van der Waals surface area contributed by atoms with Crippen LogP contribution in [0.15, 0.2) is 52.3 Å². The molecule has 2 rings (SSSR count). The first-order chi connectivity index (χ1) is 8.00. The SMILES string of the molecule is Cc1cccc(S(=O)(=O)C2=CC(C)CC=C2)c1. The van der Waals surface area contributed by atoms with Gasteiger partial charge in [0.1, 0.15) is 0 Å². The lowest BCUT2D eigenvalue weighted by Gasteiger charge is -2.13. The highest BCUT2D eigenvalue weighted by Gasteiger charge is 2.20. The zero-order valence-corrected chi connectivity index (χ0v) is 10.9. The molecule has 0 saturated carbocycles. The van der Waals surface area contributed by atoms with Crippen LogP contribution in [-0.2, 0) is 9.84 Å². The largest absolute Gasteiger partial charge is 0.219 e. The van der Waals surface area contributed by atoms with E-state index in [0.29, 0.717) is 9.80 Å². The van der Waals surface area contributed by atoms with Gasteiger partial charge in [-0.25, -0.2) is 8.42 Å².